The van der Waals surface area contributed by atoms with Crippen LogP contribution in [0.2, 0.25) is 5.02 Å². The Kier molecular flexibility index (Phi) is 2.92. The number of imidazole rings is 1. The van der Waals surface area contributed by atoms with E-state index in [9.17, 15) is 4.79 Å². The van der Waals surface area contributed by atoms with E-state index in [2.05, 4.69) is 14.7 Å². The SMILES string of the molecule is COC(=O)c1c[nH]c(-c2ccc(Cl)cc2)n1. The summed E-state index contributed by atoms with van der Waals surface area (Å²) in [5.74, 6) is 0.147. The molecule has 0 aliphatic heterocycles. The van der Waals surface area contributed by atoms with Crippen molar-refractivity contribution in [3.8, 4) is 11.4 Å². The molecule has 2 aromatic rings. The van der Waals surface area contributed by atoms with E-state index in [0.29, 0.717) is 10.8 Å². The zero-order valence-corrected chi connectivity index (χ0v) is 9.28. The molecule has 0 atom stereocenters. The van der Waals surface area contributed by atoms with Crippen LogP contribution in [0.5, 0.6) is 0 Å². The summed E-state index contributed by atoms with van der Waals surface area (Å²) < 4.78 is 4.56. The molecule has 0 spiro atoms. The summed E-state index contributed by atoms with van der Waals surface area (Å²) in [6.45, 7) is 0. The average Bonchev–Trinajstić information content (AvgIpc) is 2.78. The van der Waals surface area contributed by atoms with Crippen molar-refractivity contribution in [2.45, 2.75) is 0 Å². The first-order valence-corrected chi connectivity index (χ1v) is 4.98. The van der Waals surface area contributed by atoms with Gasteiger partial charge in [-0.25, -0.2) is 9.78 Å². The van der Waals surface area contributed by atoms with Crippen molar-refractivity contribution in [1.29, 1.82) is 0 Å². The standard InChI is InChI=1S/C11H9ClN2O2/c1-16-11(15)9-6-13-10(14-9)7-2-4-8(12)5-3-7/h2-6H,1H3,(H,13,14). The number of ether oxygens (including phenoxy) is 1. The Hall–Kier alpha value is -1.81. The number of nitrogens with zero attached hydrogens (tertiary/aromatic N) is 1. The number of rotatable bonds is 2. The number of carbonyl (C=O) groups excluding carboxylic acids is 1. The first kappa shape index (κ1) is 10.7. The van der Waals surface area contributed by atoms with Crippen LogP contribution in [-0.4, -0.2) is 23.0 Å². The minimum Gasteiger partial charge on any atom is -0.464 e. The first-order chi connectivity index (χ1) is 7.70. The number of methoxy groups -OCH3 is 1. The van der Waals surface area contributed by atoms with Crippen LogP contribution < -0.4 is 0 Å². The number of aromatic nitrogens is 2. The molecule has 1 aromatic heterocycles. The lowest BCUT2D eigenvalue weighted by Gasteiger charge is -1.96. The van der Waals surface area contributed by atoms with Gasteiger partial charge in [0.25, 0.3) is 0 Å². The van der Waals surface area contributed by atoms with Crippen molar-refractivity contribution in [2.75, 3.05) is 7.11 Å². The van der Waals surface area contributed by atoms with Crippen LogP contribution in [0, 0.1) is 0 Å². The van der Waals surface area contributed by atoms with E-state index >= 15 is 0 Å². The summed E-state index contributed by atoms with van der Waals surface area (Å²) in [7, 11) is 1.32. The molecule has 0 aliphatic carbocycles. The van der Waals surface area contributed by atoms with Crippen molar-refractivity contribution >= 4 is 17.6 Å². The Morgan fingerprint density at radius 2 is 2.06 bits per heavy atom. The van der Waals surface area contributed by atoms with E-state index in [1.54, 1.807) is 12.1 Å². The predicted octanol–water partition coefficient (Wildman–Crippen LogP) is 2.52. The first-order valence-electron chi connectivity index (χ1n) is 4.60. The van der Waals surface area contributed by atoms with Crippen molar-refractivity contribution in [1.82, 2.24) is 9.97 Å². The maximum absolute atomic E-state index is 11.2. The molecule has 16 heavy (non-hydrogen) atoms. The molecule has 0 amide bonds. The number of benzene rings is 1. The largest absolute Gasteiger partial charge is 0.464 e. The van der Waals surface area contributed by atoms with Gasteiger partial charge in [0.15, 0.2) is 5.69 Å². The van der Waals surface area contributed by atoms with Crippen molar-refractivity contribution in [3.63, 3.8) is 0 Å². The molecular formula is C11H9ClN2O2. The lowest BCUT2D eigenvalue weighted by atomic mass is 10.2. The molecule has 0 radical (unpaired) electrons. The second kappa shape index (κ2) is 4.37. The van der Waals surface area contributed by atoms with Crippen LogP contribution in [-0.2, 0) is 4.74 Å². The predicted molar refractivity (Wildman–Crippen MR) is 60.4 cm³/mol. The Morgan fingerprint density at radius 3 is 2.69 bits per heavy atom. The summed E-state index contributed by atoms with van der Waals surface area (Å²) >= 11 is 5.77. The Labute approximate surface area is 97.2 Å². The molecular weight excluding hydrogens is 228 g/mol. The summed E-state index contributed by atoms with van der Waals surface area (Å²) in [6, 6.07) is 7.17. The highest BCUT2D eigenvalue weighted by atomic mass is 35.5. The van der Waals surface area contributed by atoms with E-state index in [-0.39, 0.29) is 5.69 Å². The third-order valence-electron chi connectivity index (χ3n) is 2.09. The Morgan fingerprint density at radius 1 is 1.38 bits per heavy atom. The second-order valence-corrected chi connectivity index (χ2v) is 3.57. The minimum atomic E-state index is -0.462. The monoisotopic (exact) mass is 236 g/mol. The molecule has 0 saturated carbocycles. The summed E-state index contributed by atoms with van der Waals surface area (Å²) in [5.41, 5.74) is 1.12. The smallest absolute Gasteiger partial charge is 0.358 e. The van der Waals surface area contributed by atoms with E-state index < -0.39 is 5.97 Å². The van der Waals surface area contributed by atoms with Crippen LogP contribution in [0.25, 0.3) is 11.4 Å². The van der Waals surface area contributed by atoms with Gasteiger partial charge >= 0.3 is 5.97 Å². The number of aromatic amines is 1. The molecule has 0 fully saturated rings. The average molecular weight is 237 g/mol. The van der Waals surface area contributed by atoms with Crippen molar-refractivity contribution in [3.05, 3.63) is 41.2 Å². The third kappa shape index (κ3) is 2.06. The van der Waals surface area contributed by atoms with Gasteiger partial charge in [0.05, 0.1) is 7.11 Å². The highest BCUT2D eigenvalue weighted by Gasteiger charge is 2.10. The van der Waals surface area contributed by atoms with E-state index in [4.69, 9.17) is 11.6 Å². The van der Waals surface area contributed by atoms with E-state index in [1.807, 2.05) is 12.1 Å². The highest BCUT2D eigenvalue weighted by Crippen LogP contribution is 2.18. The van der Waals surface area contributed by atoms with Crippen LogP contribution >= 0.6 is 11.6 Å². The molecule has 2 rings (SSSR count). The number of halogens is 1. The third-order valence-corrected chi connectivity index (χ3v) is 2.34. The molecule has 0 aliphatic rings. The highest BCUT2D eigenvalue weighted by molar-refractivity contribution is 6.30. The molecule has 0 saturated heterocycles. The summed E-state index contributed by atoms with van der Waals surface area (Å²) in [6.07, 6.45) is 1.51. The zero-order valence-electron chi connectivity index (χ0n) is 8.53. The van der Waals surface area contributed by atoms with Gasteiger partial charge in [0.1, 0.15) is 5.82 Å². The zero-order chi connectivity index (χ0) is 11.5. The van der Waals surface area contributed by atoms with Gasteiger partial charge in [-0.05, 0) is 24.3 Å². The molecule has 1 aromatic carbocycles. The van der Waals surface area contributed by atoms with E-state index in [1.165, 1.54) is 13.3 Å². The fraction of sp³-hybridized carbons (Fsp3) is 0.0909. The molecule has 5 heteroatoms. The van der Waals surface area contributed by atoms with Crippen LogP contribution in [0.4, 0.5) is 0 Å². The van der Waals surface area contributed by atoms with Gasteiger partial charge < -0.3 is 9.72 Å². The number of carbonyl (C=O) groups is 1. The van der Waals surface area contributed by atoms with Gasteiger partial charge in [0, 0.05) is 16.8 Å². The number of hydrogen-bond acceptors (Lipinski definition) is 3. The molecule has 1 N–H and O–H groups in total. The number of hydrogen-bond donors (Lipinski definition) is 1. The Balaban J connectivity index is 2.31. The fourth-order valence-corrected chi connectivity index (χ4v) is 1.41. The normalized spacial score (nSPS) is 10.1. The summed E-state index contributed by atoms with van der Waals surface area (Å²) in [4.78, 5) is 18.2. The second-order valence-electron chi connectivity index (χ2n) is 3.13. The fourth-order valence-electron chi connectivity index (χ4n) is 1.29. The van der Waals surface area contributed by atoms with Gasteiger partial charge in [-0.1, -0.05) is 11.6 Å². The van der Waals surface area contributed by atoms with Crippen LogP contribution in [0.1, 0.15) is 10.5 Å². The van der Waals surface area contributed by atoms with Crippen molar-refractivity contribution < 1.29 is 9.53 Å². The van der Waals surface area contributed by atoms with Gasteiger partial charge in [0.2, 0.25) is 0 Å². The number of nitrogens with one attached hydrogen (secondary N) is 1. The topological polar surface area (TPSA) is 55.0 Å². The number of H-pyrrole nitrogens is 1. The van der Waals surface area contributed by atoms with Crippen LogP contribution in [0.3, 0.4) is 0 Å². The quantitative estimate of drug-likeness (QED) is 0.816. The molecule has 0 bridgehead atoms. The molecule has 1 heterocycles. The lowest BCUT2D eigenvalue weighted by Crippen LogP contribution is -2.00. The Bertz CT molecular complexity index is 505. The van der Waals surface area contributed by atoms with Crippen molar-refractivity contribution in [2.24, 2.45) is 0 Å². The van der Waals surface area contributed by atoms with Gasteiger partial charge in [-0.15, -0.1) is 0 Å². The maximum atomic E-state index is 11.2. The van der Waals surface area contributed by atoms with E-state index in [0.717, 1.165) is 5.56 Å². The number of esters is 1. The molecule has 82 valence electrons. The minimum absolute atomic E-state index is 0.257. The molecule has 0 unspecified atom stereocenters. The van der Waals surface area contributed by atoms with Crippen LogP contribution in [0.15, 0.2) is 30.5 Å². The van der Waals surface area contributed by atoms with Gasteiger partial charge in [-0.2, -0.15) is 0 Å². The summed E-state index contributed by atoms with van der Waals surface area (Å²) in [5, 5.41) is 0.656. The van der Waals surface area contributed by atoms with Gasteiger partial charge in [-0.3, -0.25) is 0 Å². The maximum Gasteiger partial charge on any atom is 0.358 e. The molecule has 4 nitrogen and oxygen atoms in total. The lowest BCUT2D eigenvalue weighted by molar-refractivity contribution is 0.0595.